The Labute approximate surface area is 292 Å². The van der Waals surface area contributed by atoms with E-state index in [0.717, 1.165) is 51.6 Å². The average Bonchev–Trinajstić information content (AvgIpc) is 3.13. The first-order chi connectivity index (χ1) is 22.6. The van der Waals surface area contributed by atoms with Crippen LogP contribution in [0.25, 0.3) is 44.9 Å². The summed E-state index contributed by atoms with van der Waals surface area (Å²) < 4.78 is 0. The van der Waals surface area contributed by atoms with Crippen molar-refractivity contribution in [2.75, 3.05) is 0 Å². The van der Waals surface area contributed by atoms with Gasteiger partial charge in [-0.15, -0.1) is 108 Å². The van der Waals surface area contributed by atoms with E-state index in [1.807, 2.05) is 135 Å². The Hall–Kier alpha value is -5.02. The van der Waals surface area contributed by atoms with E-state index in [4.69, 9.17) is 0 Å². The number of pyridine rings is 3. The molecule has 0 saturated carbocycles. The second kappa shape index (κ2) is 18.2. The first-order valence-corrected chi connectivity index (χ1v) is 15.4. The summed E-state index contributed by atoms with van der Waals surface area (Å²) in [6.07, 6.45) is 2.97. The van der Waals surface area contributed by atoms with Gasteiger partial charge in [0, 0.05) is 23.1 Å². The summed E-state index contributed by atoms with van der Waals surface area (Å²) in [5, 5.41) is 0. The number of hydrogen-bond acceptors (Lipinski definition) is 3. The molecule has 0 radical (unpaired) electrons. The number of nitrogens with zero attached hydrogens (tertiary/aromatic N) is 3. The van der Waals surface area contributed by atoms with Crippen LogP contribution in [-0.4, -0.2) is 15.0 Å². The van der Waals surface area contributed by atoms with E-state index in [1.165, 1.54) is 16.7 Å². The minimum absolute atomic E-state index is 0. The molecule has 4 aromatic carbocycles. The van der Waals surface area contributed by atoms with Crippen LogP contribution in [0.1, 0.15) is 23.9 Å². The third kappa shape index (κ3) is 10.2. The summed E-state index contributed by atoms with van der Waals surface area (Å²) in [7, 11) is 0. The third-order valence-electron chi connectivity index (χ3n) is 7.19. The van der Waals surface area contributed by atoms with Gasteiger partial charge in [0.1, 0.15) is 0 Å². The summed E-state index contributed by atoms with van der Waals surface area (Å²) in [5.41, 5.74) is 11.9. The van der Waals surface area contributed by atoms with E-state index in [0.29, 0.717) is 0 Å². The molecule has 47 heavy (non-hydrogen) atoms. The van der Waals surface area contributed by atoms with Crippen LogP contribution in [0.5, 0.6) is 0 Å². The SMILES string of the molecule is CCc1cc(-c2[c-]cccc2)ncc1-c1ccccc1.Cc1cccc(-c2[c-]cccc2)n1.Cc1cccc(-c2[c-]cccc2)n1.[Ir+3]. The van der Waals surface area contributed by atoms with E-state index in [-0.39, 0.29) is 20.1 Å². The first kappa shape index (κ1) is 34.8. The average molecular weight is 787 g/mol. The fraction of sp³-hybridized carbons (Fsp3) is 0.0930. The molecule has 3 aromatic heterocycles. The zero-order chi connectivity index (χ0) is 32.0. The van der Waals surface area contributed by atoms with Gasteiger partial charge in [-0.2, -0.15) is 0 Å². The van der Waals surface area contributed by atoms with Crippen LogP contribution >= 0.6 is 0 Å². The maximum absolute atomic E-state index is 4.60. The van der Waals surface area contributed by atoms with E-state index >= 15 is 0 Å². The molecule has 0 aliphatic heterocycles. The fourth-order valence-electron chi connectivity index (χ4n) is 4.86. The summed E-state index contributed by atoms with van der Waals surface area (Å²) in [6.45, 7) is 6.17. The van der Waals surface area contributed by atoms with Crippen LogP contribution in [0.3, 0.4) is 0 Å². The minimum Gasteiger partial charge on any atom is -0.304 e. The predicted molar refractivity (Wildman–Crippen MR) is 190 cm³/mol. The van der Waals surface area contributed by atoms with Crippen molar-refractivity contribution >= 4 is 0 Å². The van der Waals surface area contributed by atoms with Crippen molar-refractivity contribution in [2.24, 2.45) is 0 Å². The monoisotopic (exact) mass is 787 g/mol. The van der Waals surface area contributed by atoms with Crippen LogP contribution in [0.4, 0.5) is 0 Å². The largest absolute Gasteiger partial charge is 3.00 e. The summed E-state index contributed by atoms with van der Waals surface area (Å²) in [6, 6.07) is 57.8. The van der Waals surface area contributed by atoms with Crippen molar-refractivity contribution in [1.29, 1.82) is 0 Å². The zero-order valence-electron chi connectivity index (χ0n) is 26.8. The zero-order valence-corrected chi connectivity index (χ0v) is 29.2. The van der Waals surface area contributed by atoms with E-state index in [1.54, 1.807) is 0 Å². The van der Waals surface area contributed by atoms with E-state index in [2.05, 4.69) is 70.4 Å². The minimum atomic E-state index is 0. The summed E-state index contributed by atoms with van der Waals surface area (Å²) >= 11 is 0. The van der Waals surface area contributed by atoms with Gasteiger partial charge in [0.05, 0.1) is 0 Å². The molecule has 7 aromatic rings. The van der Waals surface area contributed by atoms with Crippen LogP contribution < -0.4 is 0 Å². The number of hydrogen-bond donors (Lipinski definition) is 0. The van der Waals surface area contributed by atoms with Crippen molar-refractivity contribution in [3.05, 3.63) is 187 Å². The summed E-state index contributed by atoms with van der Waals surface area (Å²) in [5.74, 6) is 0. The number of rotatable bonds is 5. The van der Waals surface area contributed by atoms with Gasteiger partial charge in [-0.05, 0) is 60.6 Å². The molecule has 3 heterocycles. The van der Waals surface area contributed by atoms with Crippen LogP contribution in [0.15, 0.2) is 152 Å². The van der Waals surface area contributed by atoms with Gasteiger partial charge in [-0.3, -0.25) is 0 Å². The van der Waals surface area contributed by atoms with Crippen molar-refractivity contribution < 1.29 is 20.1 Å². The normalized spacial score (nSPS) is 9.94. The van der Waals surface area contributed by atoms with Crippen molar-refractivity contribution in [3.63, 3.8) is 0 Å². The van der Waals surface area contributed by atoms with Gasteiger partial charge in [-0.1, -0.05) is 67.6 Å². The second-order valence-electron chi connectivity index (χ2n) is 10.6. The van der Waals surface area contributed by atoms with Crippen LogP contribution in [0.2, 0.25) is 0 Å². The predicted octanol–water partition coefficient (Wildman–Crippen LogP) is 10.5. The van der Waals surface area contributed by atoms with Gasteiger partial charge in [0.25, 0.3) is 0 Å². The molecule has 4 heteroatoms. The quantitative estimate of drug-likeness (QED) is 0.163. The standard InChI is InChI=1S/C19H16N.2C12H10N.Ir/c1-2-15-13-19(17-11-7-4-8-12-17)20-14-18(15)16-9-5-3-6-10-16;2*1-10-6-5-9-12(13-10)11-7-3-2-4-8-11;/h3-11,13-14H,2H2,1H3;2*2-7,9H,1H3;/q3*-1;+3. The smallest absolute Gasteiger partial charge is 0.304 e. The molecule has 0 fully saturated rings. The topological polar surface area (TPSA) is 38.7 Å². The number of benzene rings is 4. The molecular weight excluding hydrogens is 751 g/mol. The molecule has 232 valence electrons. The maximum atomic E-state index is 4.60. The maximum Gasteiger partial charge on any atom is 3.00 e. The molecule has 0 spiro atoms. The molecule has 7 rings (SSSR count). The molecule has 0 aliphatic rings. The van der Waals surface area contributed by atoms with Crippen LogP contribution in [-0.2, 0) is 26.5 Å². The Kier molecular flexibility index (Phi) is 13.5. The number of aryl methyl sites for hydroxylation is 3. The Morgan fingerprint density at radius 1 is 0.511 bits per heavy atom. The van der Waals surface area contributed by atoms with Crippen molar-refractivity contribution in [1.82, 2.24) is 15.0 Å². The third-order valence-corrected chi connectivity index (χ3v) is 7.19. The molecule has 0 atom stereocenters. The second-order valence-corrected chi connectivity index (χ2v) is 10.6. The molecule has 0 unspecified atom stereocenters. The number of aromatic nitrogens is 3. The van der Waals surface area contributed by atoms with Gasteiger partial charge in [0.2, 0.25) is 0 Å². The molecule has 0 saturated heterocycles. The van der Waals surface area contributed by atoms with Crippen LogP contribution in [0, 0.1) is 32.0 Å². The molecule has 0 N–H and O–H groups in total. The van der Waals surface area contributed by atoms with Gasteiger partial charge < -0.3 is 15.0 Å². The fourth-order valence-corrected chi connectivity index (χ4v) is 4.86. The summed E-state index contributed by atoms with van der Waals surface area (Å²) in [4.78, 5) is 13.4. The molecule has 3 nitrogen and oxygen atoms in total. The van der Waals surface area contributed by atoms with E-state index in [9.17, 15) is 0 Å². The van der Waals surface area contributed by atoms with Gasteiger partial charge in [0.15, 0.2) is 0 Å². The van der Waals surface area contributed by atoms with Gasteiger partial charge in [-0.25, -0.2) is 0 Å². The van der Waals surface area contributed by atoms with Crippen molar-refractivity contribution in [3.8, 4) is 44.9 Å². The Balaban J connectivity index is 0.000000164. The molecule has 0 bridgehead atoms. The first-order valence-electron chi connectivity index (χ1n) is 15.4. The molecule has 0 aliphatic carbocycles. The molecule has 0 amide bonds. The van der Waals surface area contributed by atoms with E-state index < -0.39 is 0 Å². The Bertz CT molecular complexity index is 1850. The van der Waals surface area contributed by atoms with Crippen molar-refractivity contribution in [2.45, 2.75) is 27.2 Å². The Morgan fingerprint density at radius 2 is 0.979 bits per heavy atom. The Morgan fingerprint density at radius 3 is 1.40 bits per heavy atom. The molecular formula is C43H36IrN3. The van der Waals surface area contributed by atoms with Gasteiger partial charge >= 0.3 is 20.1 Å².